The predicted octanol–water partition coefficient (Wildman–Crippen LogP) is 5.16. The zero-order valence-electron chi connectivity index (χ0n) is 20.5. The maximum atomic E-state index is 11.9. The van der Waals surface area contributed by atoms with Gasteiger partial charge in [0.2, 0.25) is 11.9 Å². The molecular formula is C28H33ClN6O. The van der Waals surface area contributed by atoms with E-state index in [-0.39, 0.29) is 5.91 Å². The molecule has 3 aliphatic rings. The van der Waals surface area contributed by atoms with Gasteiger partial charge in [0, 0.05) is 53.9 Å². The molecule has 3 fully saturated rings. The van der Waals surface area contributed by atoms with Gasteiger partial charge < -0.3 is 20.5 Å². The number of rotatable bonds is 6. The summed E-state index contributed by atoms with van der Waals surface area (Å²) in [5.74, 6) is 0.695. The molecule has 3 aromatic rings. The lowest BCUT2D eigenvalue weighted by Gasteiger charge is -2.34. The second kappa shape index (κ2) is 9.52. The van der Waals surface area contributed by atoms with Crippen molar-refractivity contribution in [2.24, 2.45) is 5.41 Å². The van der Waals surface area contributed by atoms with E-state index in [1.807, 2.05) is 23.2 Å². The van der Waals surface area contributed by atoms with Gasteiger partial charge in [-0.25, -0.2) is 9.97 Å². The summed E-state index contributed by atoms with van der Waals surface area (Å²) in [4.78, 5) is 26.5. The van der Waals surface area contributed by atoms with Crippen LogP contribution in [0.4, 0.5) is 5.95 Å². The minimum atomic E-state index is 0.0634. The van der Waals surface area contributed by atoms with Crippen molar-refractivity contribution in [1.29, 1.82) is 0 Å². The predicted molar refractivity (Wildman–Crippen MR) is 144 cm³/mol. The van der Waals surface area contributed by atoms with E-state index in [1.165, 1.54) is 25.3 Å². The molecule has 1 aliphatic heterocycles. The SMILES string of the molecule is C=CC(=O)N1CCC2(CC1)C[C@H]2N[C@H]1CCC[C@@H](Nc2ncc(Cl)c(-c3c[nH]c4ccccc34)n2)C1. The lowest BCUT2D eigenvalue weighted by atomic mass is 9.89. The van der Waals surface area contributed by atoms with E-state index in [0.29, 0.717) is 34.5 Å². The molecule has 0 radical (unpaired) electrons. The van der Waals surface area contributed by atoms with Gasteiger partial charge in [-0.1, -0.05) is 36.4 Å². The first-order valence-electron chi connectivity index (χ1n) is 13.1. The van der Waals surface area contributed by atoms with Gasteiger partial charge in [0.15, 0.2) is 0 Å². The second-order valence-corrected chi connectivity index (χ2v) is 11.1. The molecule has 188 valence electrons. The number of benzene rings is 1. The van der Waals surface area contributed by atoms with E-state index in [9.17, 15) is 4.79 Å². The Morgan fingerprint density at radius 2 is 2.03 bits per heavy atom. The molecule has 3 atom stereocenters. The number of hydrogen-bond acceptors (Lipinski definition) is 5. The monoisotopic (exact) mass is 504 g/mol. The number of hydrogen-bond donors (Lipinski definition) is 3. The smallest absolute Gasteiger partial charge is 0.245 e. The summed E-state index contributed by atoms with van der Waals surface area (Å²) in [5.41, 5.74) is 3.18. The number of amides is 1. The quantitative estimate of drug-likeness (QED) is 0.404. The fourth-order valence-corrected chi connectivity index (χ4v) is 6.46. The molecule has 3 N–H and O–H groups in total. The summed E-state index contributed by atoms with van der Waals surface area (Å²) in [7, 11) is 0. The van der Waals surface area contributed by atoms with E-state index < -0.39 is 0 Å². The Bertz CT molecular complexity index is 1280. The van der Waals surface area contributed by atoms with Crippen molar-refractivity contribution in [1.82, 2.24) is 25.2 Å². The Morgan fingerprint density at radius 3 is 2.86 bits per heavy atom. The third-order valence-electron chi connectivity index (χ3n) is 8.47. The van der Waals surface area contributed by atoms with Crippen LogP contribution in [0.25, 0.3) is 22.2 Å². The van der Waals surface area contributed by atoms with Crippen molar-refractivity contribution >= 4 is 34.4 Å². The maximum Gasteiger partial charge on any atom is 0.245 e. The molecule has 1 saturated heterocycles. The number of piperidine rings is 1. The van der Waals surface area contributed by atoms with Crippen molar-refractivity contribution in [3.05, 3.63) is 54.3 Å². The summed E-state index contributed by atoms with van der Waals surface area (Å²) < 4.78 is 0. The Morgan fingerprint density at radius 1 is 1.22 bits per heavy atom. The van der Waals surface area contributed by atoms with Crippen molar-refractivity contribution < 1.29 is 4.79 Å². The van der Waals surface area contributed by atoms with Crippen molar-refractivity contribution in [2.45, 2.75) is 63.1 Å². The van der Waals surface area contributed by atoms with Crippen LogP contribution in [0.2, 0.25) is 5.02 Å². The van der Waals surface area contributed by atoms with Crippen LogP contribution in [-0.4, -0.2) is 57.0 Å². The van der Waals surface area contributed by atoms with Gasteiger partial charge >= 0.3 is 0 Å². The number of H-pyrrole nitrogens is 1. The minimum absolute atomic E-state index is 0.0634. The highest BCUT2D eigenvalue weighted by atomic mass is 35.5. The van der Waals surface area contributed by atoms with Gasteiger partial charge in [0.1, 0.15) is 0 Å². The lowest BCUT2D eigenvalue weighted by molar-refractivity contribution is -0.127. The maximum absolute atomic E-state index is 11.9. The Hall–Kier alpha value is -2.90. The average Bonchev–Trinajstić information content (AvgIpc) is 3.36. The number of nitrogens with one attached hydrogen (secondary N) is 3. The molecular weight excluding hydrogens is 472 g/mol. The van der Waals surface area contributed by atoms with Crippen LogP contribution in [0.1, 0.15) is 44.9 Å². The molecule has 36 heavy (non-hydrogen) atoms. The van der Waals surface area contributed by atoms with Gasteiger partial charge in [-0.05, 0) is 62.5 Å². The second-order valence-electron chi connectivity index (χ2n) is 10.7. The zero-order valence-corrected chi connectivity index (χ0v) is 21.2. The Labute approximate surface area is 216 Å². The third kappa shape index (κ3) is 4.50. The van der Waals surface area contributed by atoms with Gasteiger partial charge in [-0.2, -0.15) is 0 Å². The highest BCUT2D eigenvalue weighted by Gasteiger charge is 2.55. The molecule has 7 nitrogen and oxygen atoms in total. The number of fused-ring (bicyclic) bond motifs is 1. The lowest BCUT2D eigenvalue weighted by Crippen LogP contribution is -2.44. The Kier molecular flexibility index (Phi) is 6.21. The summed E-state index contributed by atoms with van der Waals surface area (Å²) in [6.45, 7) is 5.33. The number of likely N-dealkylation sites (tertiary alicyclic amines) is 1. The first-order valence-corrected chi connectivity index (χ1v) is 13.5. The normalized spacial score (nSPS) is 25.1. The van der Waals surface area contributed by atoms with Crippen LogP contribution >= 0.6 is 11.6 Å². The standard InChI is InChI=1S/C28H33ClN6O/c1-2-25(36)35-12-10-28(11-13-35)15-24(28)32-18-6-5-7-19(14-18)33-27-31-17-22(29)26(34-27)21-16-30-23-9-4-3-8-20(21)23/h2-4,8-9,16-19,24,30,32H,1,5-7,10-15H2,(H,31,33,34)/t18-,19+,24+/m0/s1. The largest absolute Gasteiger partial charge is 0.360 e. The highest BCUT2D eigenvalue weighted by Crippen LogP contribution is 2.54. The fourth-order valence-electron chi connectivity index (χ4n) is 6.27. The van der Waals surface area contributed by atoms with E-state index in [2.05, 4.69) is 39.3 Å². The van der Waals surface area contributed by atoms with E-state index in [4.69, 9.17) is 16.6 Å². The van der Waals surface area contributed by atoms with E-state index in [0.717, 1.165) is 60.9 Å². The summed E-state index contributed by atoms with van der Waals surface area (Å²) in [5, 5.41) is 9.20. The van der Waals surface area contributed by atoms with Crippen LogP contribution in [0.5, 0.6) is 0 Å². The van der Waals surface area contributed by atoms with Crippen LogP contribution in [0.15, 0.2) is 49.3 Å². The van der Waals surface area contributed by atoms with Gasteiger partial charge in [-0.15, -0.1) is 0 Å². The molecule has 2 saturated carbocycles. The molecule has 1 aromatic carbocycles. The number of aromatic amines is 1. The molecule has 3 heterocycles. The van der Waals surface area contributed by atoms with Crippen molar-refractivity contribution in [2.75, 3.05) is 18.4 Å². The van der Waals surface area contributed by atoms with Crippen LogP contribution in [0, 0.1) is 5.41 Å². The van der Waals surface area contributed by atoms with Gasteiger partial charge in [0.25, 0.3) is 0 Å². The number of carbonyl (C=O) groups is 1. The van der Waals surface area contributed by atoms with Gasteiger partial charge in [-0.3, -0.25) is 4.79 Å². The van der Waals surface area contributed by atoms with E-state index >= 15 is 0 Å². The number of carbonyl (C=O) groups excluding carboxylic acids is 1. The number of halogens is 1. The highest BCUT2D eigenvalue weighted by molar-refractivity contribution is 6.33. The summed E-state index contributed by atoms with van der Waals surface area (Å²) >= 11 is 6.52. The minimum Gasteiger partial charge on any atom is -0.360 e. The number of anilines is 1. The Balaban J connectivity index is 1.08. The fraction of sp³-hybridized carbons (Fsp3) is 0.464. The average molecular weight is 505 g/mol. The number of nitrogens with zero attached hydrogens (tertiary/aromatic N) is 3. The summed E-state index contributed by atoms with van der Waals surface area (Å²) in [6.07, 6.45) is 13.1. The summed E-state index contributed by atoms with van der Waals surface area (Å²) in [6, 6.07) is 9.57. The molecule has 0 bridgehead atoms. The molecule has 2 aliphatic carbocycles. The van der Waals surface area contributed by atoms with Crippen LogP contribution in [-0.2, 0) is 4.79 Å². The van der Waals surface area contributed by atoms with Crippen molar-refractivity contribution in [3.63, 3.8) is 0 Å². The van der Waals surface area contributed by atoms with Crippen LogP contribution < -0.4 is 10.6 Å². The van der Waals surface area contributed by atoms with Crippen molar-refractivity contribution in [3.8, 4) is 11.3 Å². The first-order chi connectivity index (χ1) is 17.5. The molecule has 1 spiro atoms. The molecule has 8 heteroatoms. The molecule has 0 unspecified atom stereocenters. The van der Waals surface area contributed by atoms with Crippen LogP contribution in [0.3, 0.4) is 0 Å². The van der Waals surface area contributed by atoms with E-state index in [1.54, 1.807) is 6.20 Å². The molecule has 1 amide bonds. The molecule has 6 rings (SSSR count). The molecule has 2 aromatic heterocycles. The zero-order chi connectivity index (χ0) is 24.7. The number of aromatic nitrogens is 3. The number of para-hydroxylation sites is 1. The topological polar surface area (TPSA) is 85.9 Å². The van der Waals surface area contributed by atoms with Gasteiger partial charge in [0.05, 0.1) is 16.9 Å². The first kappa shape index (κ1) is 23.5. The third-order valence-corrected chi connectivity index (χ3v) is 8.74.